The van der Waals surface area contributed by atoms with Gasteiger partial charge in [-0.25, -0.2) is 0 Å². The normalized spacial score (nSPS) is 18.6. The molecule has 1 N–H and O–H groups in total. The van der Waals surface area contributed by atoms with E-state index in [1.54, 1.807) is 4.90 Å². The summed E-state index contributed by atoms with van der Waals surface area (Å²) >= 11 is 0. The first-order chi connectivity index (χ1) is 9.66. The molecule has 1 atom stereocenters. The Morgan fingerprint density at radius 3 is 2.75 bits per heavy atom. The highest BCUT2D eigenvalue weighted by Crippen LogP contribution is 2.17. The molecule has 1 fully saturated rings. The van der Waals surface area contributed by atoms with Gasteiger partial charge in [0, 0.05) is 13.1 Å². The van der Waals surface area contributed by atoms with E-state index in [2.05, 4.69) is 0 Å². The number of carbonyl (C=O) groups excluding carboxylic acids is 1. The number of amides is 1. The van der Waals surface area contributed by atoms with Gasteiger partial charge < -0.3 is 14.7 Å². The lowest BCUT2D eigenvalue weighted by molar-refractivity contribution is -0.145. The summed E-state index contributed by atoms with van der Waals surface area (Å²) in [7, 11) is 0. The smallest absolute Gasteiger partial charge is 0.308 e. The van der Waals surface area contributed by atoms with Gasteiger partial charge >= 0.3 is 5.97 Å². The van der Waals surface area contributed by atoms with Gasteiger partial charge in [0.25, 0.3) is 0 Å². The van der Waals surface area contributed by atoms with E-state index in [1.165, 1.54) is 0 Å². The van der Waals surface area contributed by atoms with E-state index in [1.807, 2.05) is 30.3 Å². The molecule has 0 radical (unpaired) electrons. The largest absolute Gasteiger partial charge is 0.493 e. The van der Waals surface area contributed by atoms with Crippen LogP contribution in [0.3, 0.4) is 0 Å². The van der Waals surface area contributed by atoms with Crippen molar-refractivity contribution in [3.63, 3.8) is 0 Å². The monoisotopic (exact) mass is 277 g/mol. The Balaban J connectivity index is 1.75. The van der Waals surface area contributed by atoms with Gasteiger partial charge in [-0.1, -0.05) is 18.2 Å². The first-order valence-corrected chi connectivity index (χ1v) is 6.85. The number of aliphatic carboxylic acids is 1. The van der Waals surface area contributed by atoms with Crippen molar-refractivity contribution in [2.24, 2.45) is 5.92 Å². The highest BCUT2D eigenvalue weighted by atomic mass is 16.5. The number of benzene rings is 1. The van der Waals surface area contributed by atoms with E-state index >= 15 is 0 Å². The third kappa shape index (κ3) is 3.98. The zero-order chi connectivity index (χ0) is 14.4. The third-order valence-corrected chi connectivity index (χ3v) is 3.45. The van der Waals surface area contributed by atoms with Gasteiger partial charge in [0.05, 0.1) is 18.9 Å². The van der Waals surface area contributed by atoms with Crippen molar-refractivity contribution in [3.8, 4) is 5.75 Å². The average molecular weight is 277 g/mol. The molecular formula is C15H19NO4. The highest BCUT2D eigenvalue weighted by Gasteiger charge is 2.27. The second-order valence-electron chi connectivity index (χ2n) is 4.93. The number of ether oxygens (including phenoxy) is 1. The van der Waals surface area contributed by atoms with Gasteiger partial charge in [-0.05, 0) is 25.0 Å². The maximum atomic E-state index is 12.0. The molecule has 0 aliphatic carbocycles. The Hall–Kier alpha value is -2.04. The van der Waals surface area contributed by atoms with E-state index < -0.39 is 11.9 Å². The summed E-state index contributed by atoms with van der Waals surface area (Å²) in [6.07, 6.45) is 1.68. The molecule has 20 heavy (non-hydrogen) atoms. The van der Waals surface area contributed by atoms with Crippen molar-refractivity contribution in [2.75, 3.05) is 19.7 Å². The Kier molecular flexibility index (Phi) is 4.98. The standard InChI is InChI=1S/C15H19NO4/c17-14(8-10-20-13-6-2-1-3-7-13)16-9-4-5-12(11-16)15(18)19/h1-3,6-7,12H,4-5,8-11H2,(H,18,19)/t12-/m1/s1. The first kappa shape index (κ1) is 14.4. The lowest BCUT2D eigenvalue weighted by Gasteiger charge is -2.30. The SMILES string of the molecule is O=C(O)[C@@H]1CCCN(C(=O)CCOc2ccccc2)C1. The van der Waals surface area contributed by atoms with Crippen LogP contribution in [0.5, 0.6) is 5.75 Å². The summed E-state index contributed by atoms with van der Waals surface area (Å²) in [6, 6.07) is 9.33. The molecule has 1 heterocycles. The van der Waals surface area contributed by atoms with Gasteiger partial charge in [0.15, 0.2) is 0 Å². The molecule has 0 aromatic heterocycles. The number of para-hydroxylation sites is 1. The van der Waals surface area contributed by atoms with E-state index in [-0.39, 0.29) is 12.3 Å². The Bertz CT molecular complexity index is 460. The quantitative estimate of drug-likeness (QED) is 0.891. The van der Waals surface area contributed by atoms with Crippen LogP contribution in [-0.4, -0.2) is 41.6 Å². The lowest BCUT2D eigenvalue weighted by Crippen LogP contribution is -2.42. The van der Waals surface area contributed by atoms with Crippen molar-refractivity contribution in [3.05, 3.63) is 30.3 Å². The number of carbonyl (C=O) groups is 2. The molecule has 1 aromatic rings. The number of hydrogen-bond donors (Lipinski definition) is 1. The van der Waals surface area contributed by atoms with Gasteiger partial charge in [-0.15, -0.1) is 0 Å². The molecule has 108 valence electrons. The molecule has 1 aliphatic rings. The molecule has 5 nitrogen and oxygen atoms in total. The molecule has 5 heteroatoms. The van der Waals surface area contributed by atoms with E-state index in [0.29, 0.717) is 26.1 Å². The zero-order valence-corrected chi connectivity index (χ0v) is 11.3. The molecule has 0 unspecified atom stereocenters. The second-order valence-corrected chi connectivity index (χ2v) is 4.93. The van der Waals surface area contributed by atoms with Crippen LogP contribution >= 0.6 is 0 Å². The number of piperidine rings is 1. The number of nitrogens with zero attached hydrogens (tertiary/aromatic N) is 1. The fourth-order valence-corrected chi connectivity index (χ4v) is 2.34. The topological polar surface area (TPSA) is 66.8 Å². The summed E-state index contributed by atoms with van der Waals surface area (Å²) in [6.45, 7) is 1.28. The number of carboxylic acid groups (broad SMARTS) is 1. The number of rotatable bonds is 5. The van der Waals surface area contributed by atoms with Crippen LogP contribution < -0.4 is 4.74 Å². The van der Waals surface area contributed by atoms with Crippen LogP contribution in [0.4, 0.5) is 0 Å². The van der Waals surface area contributed by atoms with Gasteiger partial charge in [-0.2, -0.15) is 0 Å². The van der Waals surface area contributed by atoms with E-state index in [0.717, 1.165) is 12.2 Å². The van der Waals surface area contributed by atoms with Crippen molar-refractivity contribution in [1.82, 2.24) is 4.90 Å². The van der Waals surface area contributed by atoms with E-state index in [9.17, 15) is 9.59 Å². The minimum absolute atomic E-state index is 0.0353. The van der Waals surface area contributed by atoms with E-state index in [4.69, 9.17) is 9.84 Å². The predicted molar refractivity (Wildman–Crippen MR) is 73.5 cm³/mol. The minimum Gasteiger partial charge on any atom is -0.493 e. The molecule has 0 saturated carbocycles. The minimum atomic E-state index is -0.817. The first-order valence-electron chi connectivity index (χ1n) is 6.85. The van der Waals surface area contributed by atoms with Crippen molar-refractivity contribution < 1.29 is 19.4 Å². The van der Waals surface area contributed by atoms with Crippen molar-refractivity contribution in [2.45, 2.75) is 19.3 Å². The summed E-state index contributed by atoms with van der Waals surface area (Å²) in [5.74, 6) is -0.542. The lowest BCUT2D eigenvalue weighted by atomic mass is 9.98. The second kappa shape index (κ2) is 6.93. The molecule has 1 saturated heterocycles. The van der Waals surface area contributed by atoms with Gasteiger partial charge in [-0.3, -0.25) is 9.59 Å². The van der Waals surface area contributed by atoms with Crippen LogP contribution in [-0.2, 0) is 9.59 Å². The van der Waals surface area contributed by atoms with Crippen LogP contribution in [0.25, 0.3) is 0 Å². The number of carboxylic acids is 1. The molecule has 1 amide bonds. The van der Waals surface area contributed by atoms with Gasteiger partial charge in [0.2, 0.25) is 5.91 Å². The summed E-state index contributed by atoms with van der Waals surface area (Å²) in [5.41, 5.74) is 0. The van der Waals surface area contributed by atoms with Gasteiger partial charge in [0.1, 0.15) is 5.75 Å². The Morgan fingerprint density at radius 2 is 2.05 bits per heavy atom. The molecule has 1 aromatic carbocycles. The third-order valence-electron chi connectivity index (χ3n) is 3.45. The molecule has 2 rings (SSSR count). The molecule has 0 bridgehead atoms. The highest BCUT2D eigenvalue weighted by molar-refractivity contribution is 5.78. The fourth-order valence-electron chi connectivity index (χ4n) is 2.34. The predicted octanol–water partition coefficient (Wildman–Crippen LogP) is 1.78. The summed E-state index contributed by atoms with van der Waals surface area (Å²) < 4.78 is 5.48. The average Bonchev–Trinajstić information content (AvgIpc) is 2.48. The van der Waals surface area contributed by atoms with Crippen LogP contribution in [0.15, 0.2) is 30.3 Å². The Labute approximate surface area is 118 Å². The van der Waals surface area contributed by atoms with Crippen LogP contribution in [0.2, 0.25) is 0 Å². The maximum Gasteiger partial charge on any atom is 0.308 e. The maximum absolute atomic E-state index is 12.0. The molecule has 0 spiro atoms. The van der Waals surface area contributed by atoms with Crippen LogP contribution in [0, 0.1) is 5.92 Å². The number of likely N-dealkylation sites (tertiary alicyclic amines) is 1. The number of hydrogen-bond acceptors (Lipinski definition) is 3. The zero-order valence-electron chi connectivity index (χ0n) is 11.3. The summed E-state index contributed by atoms with van der Waals surface area (Å²) in [5, 5.41) is 9.00. The molecular weight excluding hydrogens is 258 g/mol. The van der Waals surface area contributed by atoms with Crippen molar-refractivity contribution in [1.29, 1.82) is 0 Å². The Morgan fingerprint density at radius 1 is 1.30 bits per heavy atom. The summed E-state index contributed by atoms with van der Waals surface area (Å²) in [4.78, 5) is 24.6. The fraction of sp³-hybridized carbons (Fsp3) is 0.467. The van der Waals surface area contributed by atoms with Crippen molar-refractivity contribution >= 4 is 11.9 Å². The van der Waals surface area contributed by atoms with Crippen LogP contribution in [0.1, 0.15) is 19.3 Å². The molecule has 1 aliphatic heterocycles.